The molecule has 0 aliphatic carbocycles. The van der Waals surface area contributed by atoms with Gasteiger partial charge in [0.1, 0.15) is 0 Å². The lowest BCUT2D eigenvalue weighted by Crippen LogP contribution is -2.55. The molecule has 108 valence electrons. The Morgan fingerprint density at radius 1 is 1.17 bits per heavy atom. The Hall–Kier alpha value is -0.170. The number of hydrogen-bond donors (Lipinski definition) is 1. The van der Waals surface area contributed by atoms with E-state index in [1.807, 2.05) is 0 Å². The number of rotatable bonds is 6. The lowest BCUT2D eigenvalue weighted by Gasteiger charge is -2.39. The quantitative estimate of drug-likeness (QED) is 0.761. The maximum atomic E-state index is 11.4. The van der Waals surface area contributed by atoms with Crippen molar-refractivity contribution in [1.29, 1.82) is 0 Å². The Morgan fingerprint density at radius 2 is 1.72 bits per heavy atom. The summed E-state index contributed by atoms with van der Waals surface area (Å²) in [4.78, 5) is 2.37. The van der Waals surface area contributed by atoms with E-state index in [1.54, 1.807) is 4.31 Å². The van der Waals surface area contributed by atoms with E-state index in [0.717, 1.165) is 26.1 Å². The molecule has 2 unspecified atom stereocenters. The van der Waals surface area contributed by atoms with Crippen LogP contribution in [0.4, 0.5) is 0 Å². The lowest BCUT2D eigenvalue weighted by atomic mass is 10.1. The number of hydrogen-bond acceptors (Lipinski definition) is 4. The minimum atomic E-state index is -3.02. The van der Waals surface area contributed by atoms with Gasteiger partial charge in [0.15, 0.2) is 0 Å². The highest BCUT2D eigenvalue weighted by Gasteiger charge is 2.27. The van der Waals surface area contributed by atoms with Crippen LogP contribution in [0, 0.1) is 0 Å². The van der Waals surface area contributed by atoms with Crippen molar-refractivity contribution in [2.24, 2.45) is 0 Å². The third-order valence-corrected chi connectivity index (χ3v) is 5.06. The summed E-state index contributed by atoms with van der Waals surface area (Å²) in [5, 5.41) is 3.50. The van der Waals surface area contributed by atoms with Crippen molar-refractivity contribution in [3.63, 3.8) is 0 Å². The summed E-state index contributed by atoms with van der Waals surface area (Å²) in [5.41, 5.74) is 0. The number of piperazine rings is 1. The zero-order valence-corrected chi connectivity index (χ0v) is 12.8. The topological polar surface area (TPSA) is 52.6 Å². The minimum Gasteiger partial charge on any atom is -0.313 e. The Kier molecular flexibility index (Phi) is 6.04. The van der Waals surface area contributed by atoms with Crippen LogP contribution >= 0.6 is 0 Å². The van der Waals surface area contributed by atoms with Crippen LogP contribution in [0.5, 0.6) is 0 Å². The highest BCUT2D eigenvalue weighted by molar-refractivity contribution is 7.88. The van der Waals surface area contributed by atoms with E-state index >= 15 is 0 Å². The van der Waals surface area contributed by atoms with Crippen molar-refractivity contribution in [3.8, 4) is 0 Å². The van der Waals surface area contributed by atoms with Crippen LogP contribution in [-0.2, 0) is 10.0 Å². The predicted octanol–water partition coefficient (Wildman–Crippen LogP) is 0.340. The molecule has 0 aromatic rings. The molecule has 1 fully saturated rings. The summed E-state index contributed by atoms with van der Waals surface area (Å²) in [6.07, 6.45) is 2.43. The van der Waals surface area contributed by atoms with Crippen molar-refractivity contribution in [2.45, 2.75) is 39.3 Å². The van der Waals surface area contributed by atoms with Crippen LogP contribution in [0.15, 0.2) is 0 Å². The van der Waals surface area contributed by atoms with Crippen LogP contribution in [0.2, 0.25) is 0 Å². The second kappa shape index (κ2) is 6.84. The van der Waals surface area contributed by atoms with Crippen molar-refractivity contribution in [1.82, 2.24) is 14.5 Å². The summed E-state index contributed by atoms with van der Waals surface area (Å²) in [6.45, 7) is 10.5. The van der Waals surface area contributed by atoms with Gasteiger partial charge in [0, 0.05) is 38.3 Å². The van der Waals surface area contributed by atoms with E-state index in [9.17, 15) is 8.42 Å². The zero-order valence-electron chi connectivity index (χ0n) is 12.0. The third kappa shape index (κ3) is 4.50. The van der Waals surface area contributed by atoms with Crippen molar-refractivity contribution < 1.29 is 8.42 Å². The SMILES string of the molecule is CCCNC(C)C(C)N1CCN(S(C)(=O)=O)CC1. The monoisotopic (exact) mass is 277 g/mol. The fourth-order valence-corrected chi connectivity index (χ4v) is 3.13. The molecule has 1 N–H and O–H groups in total. The van der Waals surface area contributed by atoms with Gasteiger partial charge in [-0.3, -0.25) is 4.90 Å². The average Bonchev–Trinajstić information content (AvgIpc) is 2.34. The molecule has 0 spiro atoms. The Bertz CT molecular complexity index is 337. The molecule has 0 amide bonds. The van der Waals surface area contributed by atoms with Gasteiger partial charge >= 0.3 is 0 Å². The standard InChI is InChI=1S/C12H27N3O2S/c1-5-6-13-11(2)12(3)14-7-9-15(10-8-14)18(4,16)17/h11-13H,5-10H2,1-4H3. The average molecular weight is 277 g/mol. The first-order chi connectivity index (χ1) is 8.36. The Labute approximate surface area is 112 Å². The van der Waals surface area contributed by atoms with E-state index in [-0.39, 0.29) is 0 Å². The summed E-state index contributed by atoms with van der Waals surface area (Å²) in [7, 11) is -3.02. The van der Waals surface area contributed by atoms with Crippen LogP contribution in [0.25, 0.3) is 0 Å². The number of sulfonamides is 1. The molecule has 0 radical (unpaired) electrons. The first-order valence-electron chi connectivity index (χ1n) is 6.78. The van der Waals surface area contributed by atoms with Crippen molar-refractivity contribution in [2.75, 3.05) is 39.0 Å². The first kappa shape index (κ1) is 15.9. The largest absolute Gasteiger partial charge is 0.313 e. The molecule has 6 heteroatoms. The Balaban J connectivity index is 2.42. The molecule has 1 saturated heterocycles. The molecule has 5 nitrogen and oxygen atoms in total. The van der Waals surface area contributed by atoms with Gasteiger partial charge in [-0.1, -0.05) is 6.92 Å². The molecule has 1 aliphatic rings. The lowest BCUT2D eigenvalue weighted by molar-refractivity contribution is 0.125. The fraction of sp³-hybridized carbons (Fsp3) is 1.00. The Morgan fingerprint density at radius 3 is 2.17 bits per heavy atom. The van der Waals surface area contributed by atoms with Gasteiger partial charge < -0.3 is 5.32 Å². The van der Waals surface area contributed by atoms with Crippen LogP contribution in [0.3, 0.4) is 0 Å². The van der Waals surface area contributed by atoms with Crippen LogP contribution < -0.4 is 5.32 Å². The van der Waals surface area contributed by atoms with E-state index in [1.165, 1.54) is 6.26 Å². The van der Waals surface area contributed by atoms with Crippen LogP contribution in [-0.4, -0.2) is 68.7 Å². The maximum Gasteiger partial charge on any atom is 0.211 e. The molecule has 18 heavy (non-hydrogen) atoms. The van der Waals surface area contributed by atoms with E-state index in [2.05, 4.69) is 31.0 Å². The summed E-state index contributed by atoms with van der Waals surface area (Å²) >= 11 is 0. The normalized spacial score (nSPS) is 22.9. The number of nitrogens with one attached hydrogen (secondary N) is 1. The van der Waals surface area contributed by atoms with Crippen molar-refractivity contribution >= 4 is 10.0 Å². The smallest absolute Gasteiger partial charge is 0.211 e. The van der Waals surface area contributed by atoms with E-state index in [4.69, 9.17) is 0 Å². The fourth-order valence-electron chi connectivity index (χ4n) is 2.30. The summed E-state index contributed by atoms with van der Waals surface area (Å²) in [5.74, 6) is 0. The molecule has 1 rings (SSSR count). The van der Waals surface area contributed by atoms with Gasteiger partial charge in [-0.2, -0.15) is 4.31 Å². The minimum absolute atomic E-state index is 0.440. The molecule has 2 atom stereocenters. The first-order valence-corrected chi connectivity index (χ1v) is 8.63. The highest BCUT2D eigenvalue weighted by Crippen LogP contribution is 2.11. The van der Waals surface area contributed by atoms with Gasteiger partial charge in [-0.05, 0) is 26.8 Å². The van der Waals surface area contributed by atoms with E-state index < -0.39 is 10.0 Å². The summed E-state index contributed by atoms with van der Waals surface area (Å²) in [6, 6.07) is 0.882. The second-order valence-corrected chi connectivity index (χ2v) is 7.16. The molecule has 1 aliphatic heterocycles. The maximum absolute atomic E-state index is 11.4. The molecular weight excluding hydrogens is 250 g/mol. The molecular formula is C12H27N3O2S. The highest BCUT2D eigenvalue weighted by atomic mass is 32.2. The van der Waals surface area contributed by atoms with Gasteiger partial charge in [-0.25, -0.2) is 8.42 Å². The third-order valence-electron chi connectivity index (χ3n) is 3.76. The van der Waals surface area contributed by atoms with Crippen molar-refractivity contribution in [3.05, 3.63) is 0 Å². The van der Waals surface area contributed by atoms with Gasteiger partial charge in [0.05, 0.1) is 6.26 Å². The predicted molar refractivity (Wildman–Crippen MR) is 75.2 cm³/mol. The zero-order chi connectivity index (χ0) is 13.8. The second-order valence-electron chi connectivity index (χ2n) is 5.18. The summed E-state index contributed by atoms with van der Waals surface area (Å²) < 4.78 is 24.4. The van der Waals surface area contributed by atoms with Gasteiger partial charge in [-0.15, -0.1) is 0 Å². The molecule has 0 bridgehead atoms. The molecule has 0 saturated carbocycles. The molecule has 1 heterocycles. The van der Waals surface area contributed by atoms with Gasteiger partial charge in [0.25, 0.3) is 0 Å². The number of nitrogens with zero attached hydrogens (tertiary/aromatic N) is 2. The van der Waals surface area contributed by atoms with E-state index in [0.29, 0.717) is 25.2 Å². The molecule has 0 aromatic carbocycles. The molecule has 0 aromatic heterocycles. The van der Waals surface area contributed by atoms with Crippen LogP contribution in [0.1, 0.15) is 27.2 Å². The van der Waals surface area contributed by atoms with Gasteiger partial charge in [0.2, 0.25) is 10.0 Å².